The van der Waals surface area contributed by atoms with Gasteiger partial charge in [0.2, 0.25) is 0 Å². The smallest absolute Gasteiger partial charge is 0.545 e. The van der Waals surface area contributed by atoms with Gasteiger partial charge in [-0.15, -0.1) is 0 Å². The molecule has 0 aliphatic heterocycles. The molecule has 0 aromatic rings. The predicted molar refractivity (Wildman–Crippen MR) is 38.3 cm³/mol. The van der Waals surface area contributed by atoms with Crippen LogP contribution in [-0.4, -0.2) is 23.9 Å². The Hall–Kier alpha value is -1.39. The Labute approximate surface area is 127 Å². The molecule has 0 bridgehead atoms. The van der Waals surface area contributed by atoms with E-state index in [1.807, 2.05) is 0 Å². The van der Waals surface area contributed by atoms with Crippen molar-refractivity contribution in [2.75, 3.05) is 0 Å². The molecule has 0 aromatic carbocycles. The maximum Gasteiger partial charge on any atom is 2.00 e. The molecule has 0 aromatic heterocycles. The van der Waals surface area contributed by atoms with Crippen LogP contribution in [0.15, 0.2) is 24.3 Å². The summed E-state index contributed by atoms with van der Waals surface area (Å²) in [5, 5.41) is 37.7. The first-order valence-electron chi connectivity index (χ1n) is 3.45. The monoisotopic (exact) mass is 356 g/mol. The van der Waals surface area contributed by atoms with Crippen LogP contribution in [0.2, 0.25) is 0 Å². The zero-order valence-electron chi connectivity index (χ0n) is 8.99. The molecule has 0 aliphatic rings. The van der Waals surface area contributed by atoms with Gasteiger partial charge in [-0.25, -0.2) is 0 Å². The van der Waals surface area contributed by atoms with Crippen LogP contribution < -0.4 is 20.4 Å². The SMILES string of the molecule is O=C([O-])C=CC(=O)[O-].O=C([O-])C=CC(=O)[O-].[Zn+2].[Zn+2]. The summed E-state index contributed by atoms with van der Waals surface area (Å²) in [6, 6.07) is 0. The molecule has 0 radical (unpaired) electrons. The molecule has 18 heavy (non-hydrogen) atoms. The van der Waals surface area contributed by atoms with Crippen molar-refractivity contribution in [1.29, 1.82) is 0 Å². The van der Waals surface area contributed by atoms with Gasteiger partial charge in [0, 0.05) is 0 Å². The van der Waals surface area contributed by atoms with E-state index in [1.54, 1.807) is 0 Å². The van der Waals surface area contributed by atoms with E-state index in [-0.39, 0.29) is 39.0 Å². The molecule has 0 amide bonds. The molecule has 0 N–H and O–H groups in total. The van der Waals surface area contributed by atoms with E-state index in [2.05, 4.69) is 0 Å². The average Bonchev–Trinajstić information content (AvgIpc) is 2.12. The maximum absolute atomic E-state index is 9.41. The largest absolute Gasteiger partial charge is 2.00 e. The summed E-state index contributed by atoms with van der Waals surface area (Å²) in [5.74, 6) is -6.19. The summed E-state index contributed by atoms with van der Waals surface area (Å²) in [5.41, 5.74) is 0. The normalized spacial score (nSPS) is 8.44. The number of carboxylic acids is 4. The molecule has 10 heteroatoms. The van der Waals surface area contributed by atoms with E-state index < -0.39 is 23.9 Å². The summed E-state index contributed by atoms with van der Waals surface area (Å²) in [6.07, 6.45) is 1.54. The van der Waals surface area contributed by atoms with Gasteiger partial charge in [-0.05, 0) is 24.3 Å². The van der Waals surface area contributed by atoms with Crippen LogP contribution in [0.25, 0.3) is 0 Å². The Morgan fingerprint density at radius 2 is 0.611 bits per heavy atom. The molecule has 0 fully saturated rings. The van der Waals surface area contributed by atoms with Crippen molar-refractivity contribution in [3.63, 3.8) is 0 Å². The topological polar surface area (TPSA) is 161 Å². The van der Waals surface area contributed by atoms with Gasteiger partial charge in [-0.3, -0.25) is 0 Å². The zero-order chi connectivity index (χ0) is 13.1. The Balaban J connectivity index is -0.0000000980. The van der Waals surface area contributed by atoms with Crippen molar-refractivity contribution in [2.24, 2.45) is 0 Å². The van der Waals surface area contributed by atoms with Gasteiger partial charge in [0.15, 0.2) is 0 Å². The second-order valence-electron chi connectivity index (χ2n) is 1.94. The quantitative estimate of drug-likeness (QED) is 0.354. The summed E-state index contributed by atoms with van der Waals surface area (Å²) >= 11 is 0. The third-order valence-electron chi connectivity index (χ3n) is 0.711. The van der Waals surface area contributed by atoms with Gasteiger partial charge < -0.3 is 39.6 Å². The minimum atomic E-state index is -1.55. The summed E-state index contributed by atoms with van der Waals surface area (Å²) in [7, 11) is 0. The Bertz CT molecular complexity index is 281. The number of hydrogen-bond acceptors (Lipinski definition) is 8. The van der Waals surface area contributed by atoms with Crippen LogP contribution >= 0.6 is 0 Å². The molecule has 0 rings (SSSR count). The summed E-state index contributed by atoms with van der Waals surface area (Å²) in [4.78, 5) is 37.7. The molecule has 8 nitrogen and oxygen atoms in total. The second-order valence-corrected chi connectivity index (χ2v) is 1.94. The Morgan fingerprint density at radius 3 is 0.667 bits per heavy atom. The van der Waals surface area contributed by atoms with E-state index in [4.69, 9.17) is 0 Å². The number of carboxylic acid groups (broad SMARTS) is 4. The van der Waals surface area contributed by atoms with Crippen molar-refractivity contribution in [3.8, 4) is 0 Å². The Kier molecular flexibility index (Phi) is 22.1. The van der Waals surface area contributed by atoms with Gasteiger partial charge >= 0.3 is 39.0 Å². The molecule has 0 aliphatic carbocycles. The van der Waals surface area contributed by atoms with E-state index in [1.165, 1.54) is 0 Å². The molecule has 0 saturated carbocycles. The summed E-state index contributed by atoms with van der Waals surface area (Å²) < 4.78 is 0. The van der Waals surface area contributed by atoms with Crippen molar-refractivity contribution >= 4 is 23.9 Å². The average molecular weight is 359 g/mol. The van der Waals surface area contributed by atoms with Crippen LogP contribution in [0.5, 0.6) is 0 Å². The fourth-order valence-corrected chi connectivity index (χ4v) is 0.272. The van der Waals surface area contributed by atoms with Gasteiger partial charge in [0.05, 0.1) is 23.9 Å². The molecule has 0 saturated heterocycles. The van der Waals surface area contributed by atoms with E-state index in [0.29, 0.717) is 24.3 Å². The van der Waals surface area contributed by atoms with Crippen molar-refractivity contribution in [1.82, 2.24) is 0 Å². The van der Waals surface area contributed by atoms with Gasteiger partial charge in [-0.2, -0.15) is 0 Å². The second kappa shape index (κ2) is 15.6. The fourth-order valence-electron chi connectivity index (χ4n) is 0.272. The molecule has 0 heterocycles. The van der Waals surface area contributed by atoms with Crippen LogP contribution in [0, 0.1) is 0 Å². The third-order valence-corrected chi connectivity index (χ3v) is 0.711. The number of aliphatic carboxylic acids is 4. The predicted octanol–water partition coefficient (Wildman–Crippen LogP) is -5.92. The molecule has 0 unspecified atom stereocenters. The zero-order valence-corrected chi connectivity index (χ0v) is 14.9. The number of carbonyl (C=O) groups is 4. The van der Waals surface area contributed by atoms with Crippen molar-refractivity contribution < 1.29 is 78.6 Å². The first-order chi connectivity index (χ1) is 7.25. The van der Waals surface area contributed by atoms with Crippen LogP contribution in [0.4, 0.5) is 0 Å². The van der Waals surface area contributed by atoms with E-state index in [0.717, 1.165) is 0 Å². The van der Waals surface area contributed by atoms with Crippen molar-refractivity contribution in [2.45, 2.75) is 0 Å². The number of hydrogen-bond donors (Lipinski definition) is 0. The minimum absolute atomic E-state index is 0. The number of rotatable bonds is 4. The maximum atomic E-state index is 9.41. The van der Waals surface area contributed by atoms with Crippen molar-refractivity contribution in [3.05, 3.63) is 24.3 Å². The van der Waals surface area contributed by atoms with E-state index >= 15 is 0 Å². The molecule has 0 atom stereocenters. The standard InChI is InChI=1S/2C4H4O4.2Zn/c2*5-3(6)1-2-4(7)8;;/h2*1-2H,(H,5,6)(H,7,8);;/q;;2*+2/p-4. The van der Waals surface area contributed by atoms with Crippen LogP contribution in [-0.2, 0) is 58.1 Å². The first-order valence-corrected chi connectivity index (χ1v) is 3.45. The van der Waals surface area contributed by atoms with Gasteiger partial charge in [-0.1, -0.05) is 0 Å². The number of carbonyl (C=O) groups excluding carboxylic acids is 4. The molecule has 0 spiro atoms. The Morgan fingerprint density at radius 1 is 0.500 bits per heavy atom. The minimum Gasteiger partial charge on any atom is -0.545 e. The van der Waals surface area contributed by atoms with Gasteiger partial charge in [0.25, 0.3) is 0 Å². The van der Waals surface area contributed by atoms with Gasteiger partial charge in [0.1, 0.15) is 0 Å². The fraction of sp³-hybridized carbons (Fsp3) is 0. The van der Waals surface area contributed by atoms with Crippen LogP contribution in [0.1, 0.15) is 0 Å². The van der Waals surface area contributed by atoms with Crippen LogP contribution in [0.3, 0.4) is 0 Å². The molecular formula is C8H4O8Zn2. The molecule has 88 valence electrons. The third kappa shape index (κ3) is 36.5. The molecular weight excluding hydrogens is 355 g/mol. The van der Waals surface area contributed by atoms with E-state index in [9.17, 15) is 39.6 Å². The summed E-state index contributed by atoms with van der Waals surface area (Å²) in [6.45, 7) is 0. The first kappa shape index (κ1) is 25.5.